The molecule has 0 aliphatic heterocycles. The van der Waals surface area contributed by atoms with Crippen LogP contribution in [0.4, 0.5) is 4.39 Å². The normalized spacial score (nSPS) is 10.3. The predicted molar refractivity (Wildman–Crippen MR) is 78.0 cm³/mol. The lowest BCUT2D eigenvalue weighted by atomic mass is 10.2. The van der Waals surface area contributed by atoms with Crippen LogP contribution in [-0.4, -0.2) is 6.29 Å². The van der Waals surface area contributed by atoms with Gasteiger partial charge in [-0.05, 0) is 50.1 Å². The molecule has 2 rings (SSSR count). The third-order valence-corrected chi connectivity index (χ3v) is 3.66. The van der Waals surface area contributed by atoms with Crippen molar-refractivity contribution in [3.05, 3.63) is 62.3 Å². The van der Waals surface area contributed by atoms with Gasteiger partial charge in [-0.15, -0.1) is 0 Å². The van der Waals surface area contributed by atoms with Crippen molar-refractivity contribution in [2.45, 2.75) is 6.61 Å². The summed E-state index contributed by atoms with van der Waals surface area (Å²) >= 11 is 6.65. The smallest absolute Gasteiger partial charge is 0.150 e. The van der Waals surface area contributed by atoms with E-state index >= 15 is 0 Å². The number of benzene rings is 2. The Bertz CT molecular complexity index is 591. The Hall–Kier alpha value is -1.20. The first-order chi connectivity index (χ1) is 9.11. The first-order valence-electron chi connectivity index (χ1n) is 5.42. The van der Waals surface area contributed by atoms with Crippen molar-refractivity contribution in [3.8, 4) is 5.75 Å². The minimum atomic E-state index is -0.306. The molecule has 0 radical (unpaired) electrons. The molecule has 2 aromatic rings. The summed E-state index contributed by atoms with van der Waals surface area (Å²) in [6.45, 7) is 0.115. The molecule has 0 bridgehead atoms. The third-order valence-electron chi connectivity index (χ3n) is 2.49. The summed E-state index contributed by atoms with van der Waals surface area (Å²) in [5.74, 6) is 0.230. The topological polar surface area (TPSA) is 26.3 Å². The van der Waals surface area contributed by atoms with Crippen LogP contribution >= 0.6 is 31.9 Å². The maximum atomic E-state index is 13.5. The van der Waals surface area contributed by atoms with Gasteiger partial charge in [-0.1, -0.05) is 18.2 Å². The van der Waals surface area contributed by atoms with Crippen LogP contribution in [0.3, 0.4) is 0 Å². The lowest BCUT2D eigenvalue weighted by molar-refractivity contribution is 0.112. The van der Waals surface area contributed by atoms with E-state index in [-0.39, 0.29) is 12.4 Å². The van der Waals surface area contributed by atoms with Gasteiger partial charge in [0, 0.05) is 11.1 Å². The first-order valence-corrected chi connectivity index (χ1v) is 7.01. The molecule has 0 unspecified atom stereocenters. The van der Waals surface area contributed by atoms with E-state index < -0.39 is 0 Å². The van der Waals surface area contributed by atoms with Crippen LogP contribution < -0.4 is 4.74 Å². The standard InChI is InChI=1S/C14H9Br2FO2/c15-11-5-9(7-18)6-12(16)14(11)19-8-10-3-1-2-4-13(10)17/h1-7H,8H2. The molecule has 0 aromatic heterocycles. The molecule has 0 amide bonds. The van der Waals surface area contributed by atoms with Crippen molar-refractivity contribution in [2.75, 3.05) is 0 Å². The first kappa shape index (κ1) is 14.2. The Morgan fingerprint density at radius 1 is 1.16 bits per heavy atom. The molecule has 0 aliphatic carbocycles. The molecule has 19 heavy (non-hydrogen) atoms. The number of hydrogen-bond donors (Lipinski definition) is 0. The van der Waals surface area contributed by atoms with Crippen molar-refractivity contribution in [3.63, 3.8) is 0 Å². The molecule has 0 aliphatic rings. The highest BCUT2D eigenvalue weighted by atomic mass is 79.9. The van der Waals surface area contributed by atoms with Gasteiger partial charge < -0.3 is 4.74 Å². The number of hydrogen-bond acceptors (Lipinski definition) is 2. The molecule has 0 atom stereocenters. The van der Waals surface area contributed by atoms with Crippen molar-refractivity contribution < 1.29 is 13.9 Å². The summed E-state index contributed by atoms with van der Waals surface area (Å²) in [7, 11) is 0. The van der Waals surface area contributed by atoms with Crippen molar-refractivity contribution in [2.24, 2.45) is 0 Å². The summed E-state index contributed by atoms with van der Waals surface area (Å²) in [5, 5.41) is 0. The number of halogens is 3. The van der Waals surface area contributed by atoms with Gasteiger partial charge in [-0.25, -0.2) is 4.39 Å². The third kappa shape index (κ3) is 3.42. The highest BCUT2D eigenvalue weighted by Crippen LogP contribution is 2.35. The van der Waals surface area contributed by atoms with E-state index in [9.17, 15) is 9.18 Å². The predicted octanol–water partition coefficient (Wildman–Crippen LogP) is 4.74. The average Bonchev–Trinajstić information content (AvgIpc) is 2.39. The Kier molecular flexibility index (Phi) is 4.71. The highest BCUT2D eigenvalue weighted by molar-refractivity contribution is 9.11. The van der Waals surface area contributed by atoms with E-state index in [1.807, 2.05) is 0 Å². The van der Waals surface area contributed by atoms with Gasteiger partial charge in [0.15, 0.2) is 0 Å². The lowest BCUT2D eigenvalue weighted by Gasteiger charge is -2.11. The number of rotatable bonds is 4. The fourth-order valence-electron chi connectivity index (χ4n) is 1.55. The van der Waals surface area contributed by atoms with Gasteiger partial charge in [0.25, 0.3) is 0 Å². The molecule has 0 fully saturated rings. The van der Waals surface area contributed by atoms with E-state index in [0.717, 1.165) is 6.29 Å². The monoisotopic (exact) mass is 386 g/mol. The zero-order valence-corrected chi connectivity index (χ0v) is 12.9. The summed E-state index contributed by atoms with van der Waals surface area (Å²) in [5.41, 5.74) is 0.998. The van der Waals surface area contributed by atoms with Gasteiger partial charge in [0.2, 0.25) is 0 Å². The van der Waals surface area contributed by atoms with Gasteiger partial charge in [-0.3, -0.25) is 4.79 Å². The van der Waals surface area contributed by atoms with Crippen LogP contribution in [0.2, 0.25) is 0 Å². The lowest BCUT2D eigenvalue weighted by Crippen LogP contribution is -2.00. The molecule has 5 heteroatoms. The zero-order valence-electron chi connectivity index (χ0n) is 9.70. The second-order valence-electron chi connectivity index (χ2n) is 3.81. The molecule has 0 heterocycles. The minimum Gasteiger partial charge on any atom is -0.486 e. The molecule has 0 spiro atoms. The van der Waals surface area contributed by atoms with Crippen molar-refractivity contribution in [1.29, 1.82) is 0 Å². The van der Waals surface area contributed by atoms with Crippen LogP contribution in [0.5, 0.6) is 5.75 Å². The van der Waals surface area contributed by atoms with Crippen LogP contribution in [0, 0.1) is 5.82 Å². The van der Waals surface area contributed by atoms with Crippen LogP contribution in [0.25, 0.3) is 0 Å². The summed E-state index contributed by atoms with van der Waals surface area (Å²) < 4.78 is 20.3. The second-order valence-corrected chi connectivity index (χ2v) is 5.52. The van der Waals surface area contributed by atoms with E-state index in [0.29, 0.717) is 25.8 Å². The molecule has 0 saturated carbocycles. The van der Waals surface area contributed by atoms with E-state index in [2.05, 4.69) is 31.9 Å². The number of ether oxygens (including phenoxy) is 1. The number of carbonyl (C=O) groups is 1. The second kappa shape index (κ2) is 6.30. The number of carbonyl (C=O) groups excluding carboxylic acids is 1. The maximum Gasteiger partial charge on any atom is 0.150 e. The average molecular weight is 388 g/mol. The van der Waals surface area contributed by atoms with Crippen LogP contribution in [0.15, 0.2) is 45.3 Å². The maximum absolute atomic E-state index is 13.5. The molecular formula is C14H9Br2FO2. The molecule has 98 valence electrons. The molecule has 2 aromatic carbocycles. The Labute approximate surface area is 126 Å². The van der Waals surface area contributed by atoms with E-state index in [4.69, 9.17) is 4.74 Å². The van der Waals surface area contributed by atoms with Crippen molar-refractivity contribution >= 4 is 38.1 Å². The van der Waals surface area contributed by atoms with Gasteiger partial charge in [0.1, 0.15) is 24.5 Å². The molecule has 0 saturated heterocycles. The largest absolute Gasteiger partial charge is 0.486 e. The molecular weight excluding hydrogens is 379 g/mol. The van der Waals surface area contributed by atoms with Crippen LogP contribution in [-0.2, 0) is 6.61 Å². The Morgan fingerprint density at radius 3 is 2.37 bits per heavy atom. The zero-order chi connectivity index (χ0) is 13.8. The summed E-state index contributed by atoms with van der Waals surface area (Å²) in [6.07, 6.45) is 0.746. The summed E-state index contributed by atoms with van der Waals surface area (Å²) in [6, 6.07) is 9.73. The molecule has 2 nitrogen and oxygen atoms in total. The Morgan fingerprint density at radius 2 is 1.79 bits per heavy atom. The highest BCUT2D eigenvalue weighted by Gasteiger charge is 2.10. The van der Waals surface area contributed by atoms with E-state index in [1.54, 1.807) is 30.3 Å². The minimum absolute atomic E-state index is 0.115. The fraction of sp³-hybridized carbons (Fsp3) is 0.0714. The quantitative estimate of drug-likeness (QED) is 0.708. The van der Waals surface area contributed by atoms with Gasteiger partial charge >= 0.3 is 0 Å². The summed E-state index contributed by atoms with van der Waals surface area (Å²) in [4.78, 5) is 10.7. The fourth-order valence-corrected chi connectivity index (χ4v) is 3.00. The number of aldehydes is 1. The van der Waals surface area contributed by atoms with Crippen molar-refractivity contribution in [1.82, 2.24) is 0 Å². The Balaban J connectivity index is 2.21. The van der Waals surface area contributed by atoms with Gasteiger partial charge in [0.05, 0.1) is 8.95 Å². The van der Waals surface area contributed by atoms with Gasteiger partial charge in [-0.2, -0.15) is 0 Å². The van der Waals surface area contributed by atoms with Crippen LogP contribution in [0.1, 0.15) is 15.9 Å². The molecule has 0 N–H and O–H groups in total. The van der Waals surface area contributed by atoms with E-state index in [1.165, 1.54) is 6.07 Å². The SMILES string of the molecule is O=Cc1cc(Br)c(OCc2ccccc2F)c(Br)c1.